The minimum Gasteiger partial charge on any atom is -0.318 e. The number of alkyl halides is 3. The molecule has 1 saturated heterocycles. The summed E-state index contributed by atoms with van der Waals surface area (Å²) >= 11 is 2.83. The maximum atomic E-state index is 12.6. The first-order chi connectivity index (χ1) is 7.80. The Morgan fingerprint density at radius 1 is 1.41 bits per heavy atom. The molecule has 2 N–H and O–H groups in total. The van der Waals surface area contributed by atoms with Crippen LogP contribution in [0.1, 0.15) is 5.56 Å². The molecule has 1 aromatic rings. The monoisotopic (exact) mass is 308 g/mol. The van der Waals surface area contributed by atoms with Gasteiger partial charge in [0.15, 0.2) is 0 Å². The first-order valence-electron chi connectivity index (χ1n) is 4.74. The number of anilines is 1. The Morgan fingerprint density at radius 2 is 2.06 bits per heavy atom. The summed E-state index contributed by atoms with van der Waals surface area (Å²) < 4.78 is 37.8. The number of nitrogens with two attached hydrogens (primary N) is 1. The van der Waals surface area contributed by atoms with Crippen LogP contribution in [0.5, 0.6) is 0 Å². The third kappa shape index (κ3) is 2.16. The Morgan fingerprint density at radius 3 is 2.53 bits per heavy atom. The van der Waals surface area contributed by atoms with E-state index in [1.807, 2.05) is 0 Å². The van der Waals surface area contributed by atoms with Crippen LogP contribution in [0.2, 0.25) is 0 Å². The zero-order chi connectivity index (χ0) is 12.8. The lowest BCUT2D eigenvalue weighted by atomic mass is 10.1. The van der Waals surface area contributed by atoms with Crippen molar-refractivity contribution in [3.8, 4) is 0 Å². The van der Waals surface area contributed by atoms with Gasteiger partial charge < -0.3 is 10.6 Å². The normalized spacial score (nSPS) is 20.4. The molecule has 1 amide bonds. The fourth-order valence-corrected chi connectivity index (χ4v) is 2.05. The number of hydrogen-bond acceptors (Lipinski definition) is 2. The molecular weight excluding hydrogens is 301 g/mol. The van der Waals surface area contributed by atoms with Crippen LogP contribution in [0.15, 0.2) is 22.7 Å². The number of hydrogen-bond donors (Lipinski definition) is 1. The highest BCUT2D eigenvalue weighted by atomic mass is 79.9. The second-order valence-electron chi connectivity index (χ2n) is 3.72. The molecule has 1 unspecified atom stereocenters. The van der Waals surface area contributed by atoms with E-state index in [1.165, 1.54) is 17.0 Å². The Hall–Kier alpha value is -1.08. The average Bonchev–Trinajstić information content (AvgIpc) is 2.25. The first kappa shape index (κ1) is 12.4. The van der Waals surface area contributed by atoms with Crippen LogP contribution in [-0.2, 0) is 11.0 Å². The van der Waals surface area contributed by atoms with E-state index in [-0.39, 0.29) is 22.6 Å². The molecule has 0 aliphatic carbocycles. The Labute approximate surface area is 104 Å². The van der Waals surface area contributed by atoms with Crippen molar-refractivity contribution in [3.05, 3.63) is 28.2 Å². The zero-order valence-corrected chi connectivity index (χ0v) is 10.0. The minimum atomic E-state index is -4.45. The summed E-state index contributed by atoms with van der Waals surface area (Å²) in [6.45, 7) is 0.248. The van der Waals surface area contributed by atoms with E-state index >= 15 is 0 Å². The highest BCUT2D eigenvalue weighted by molar-refractivity contribution is 9.10. The van der Waals surface area contributed by atoms with Gasteiger partial charge in [0.25, 0.3) is 0 Å². The van der Waals surface area contributed by atoms with E-state index in [0.717, 1.165) is 6.07 Å². The molecule has 7 heteroatoms. The van der Waals surface area contributed by atoms with Crippen LogP contribution < -0.4 is 10.6 Å². The number of rotatable bonds is 1. The number of carbonyl (C=O) groups is 1. The minimum absolute atomic E-state index is 0.0500. The van der Waals surface area contributed by atoms with Crippen molar-refractivity contribution in [2.24, 2.45) is 5.73 Å². The molecule has 0 aromatic heterocycles. The molecule has 0 spiro atoms. The number of halogens is 4. The Kier molecular flexibility index (Phi) is 2.90. The standard InChI is InChI=1S/C10H8BrF3N2O/c11-7-2-1-5(3-6(7)10(12,13)14)16-4-8(15)9(16)17/h1-3,8H,4,15H2. The van der Waals surface area contributed by atoms with Gasteiger partial charge in [0.1, 0.15) is 6.04 Å². The van der Waals surface area contributed by atoms with Crippen LogP contribution in [0.4, 0.5) is 18.9 Å². The van der Waals surface area contributed by atoms with Gasteiger partial charge in [-0.1, -0.05) is 15.9 Å². The van der Waals surface area contributed by atoms with E-state index in [9.17, 15) is 18.0 Å². The van der Waals surface area contributed by atoms with Crippen molar-refractivity contribution in [2.75, 3.05) is 11.4 Å². The van der Waals surface area contributed by atoms with Crippen molar-refractivity contribution < 1.29 is 18.0 Å². The Balaban J connectivity index is 2.36. The number of carbonyl (C=O) groups excluding carboxylic acids is 1. The molecule has 1 fully saturated rings. The molecule has 17 heavy (non-hydrogen) atoms. The quantitative estimate of drug-likeness (QED) is 0.808. The van der Waals surface area contributed by atoms with E-state index in [0.29, 0.717) is 0 Å². The fraction of sp³-hybridized carbons (Fsp3) is 0.300. The van der Waals surface area contributed by atoms with Crippen molar-refractivity contribution in [2.45, 2.75) is 12.2 Å². The summed E-state index contributed by atoms with van der Waals surface area (Å²) in [6, 6.07) is 3.06. The van der Waals surface area contributed by atoms with Gasteiger partial charge in [-0.05, 0) is 18.2 Å². The van der Waals surface area contributed by atoms with Crippen LogP contribution in [0, 0.1) is 0 Å². The predicted octanol–water partition coefficient (Wildman–Crippen LogP) is 2.14. The molecule has 0 saturated carbocycles. The van der Waals surface area contributed by atoms with Gasteiger partial charge in [-0.25, -0.2) is 0 Å². The molecule has 3 nitrogen and oxygen atoms in total. The highest BCUT2D eigenvalue weighted by Crippen LogP contribution is 2.37. The summed E-state index contributed by atoms with van der Waals surface area (Å²) in [7, 11) is 0. The lowest BCUT2D eigenvalue weighted by Gasteiger charge is -2.36. The molecule has 0 bridgehead atoms. The first-order valence-corrected chi connectivity index (χ1v) is 5.53. The SMILES string of the molecule is NC1CN(c2ccc(Br)c(C(F)(F)F)c2)C1=O. The van der Waals surface area contributed by atoms with Gasteiger partial charge in [0, 0.05) is 10.2 Å². The lowest BCUT2D eigenvalue weighted by molar-refractivity contribution is -0.138. The molecule has 1 atom stereocenters. The molecule has 1 aliphatic heterocycles. The summed E-state index contributed by atoms with van der Waals surface area (Å²) in [5.74, 6) is -0.361. The largest absolute Gasteiger partial charge is 0.417 e. The van der Waals surface area contributed by atoms with E-state index in [4.69, 9.17) is 5.73 Å². The Bertz CT molecular complexity index is 475. The number of amides is 1. The zero-order valence-electron chi connectivity index (χ0n) is 8.46. The molecule has 1 aromatic carbocycles. The molecule has 0 radical (unpaired) electrons. The van der Waals surface area contributed by atoms with E-state index in [1.54, 1.807) is 0 Å². The van der Waals surface area contributed by atoms with Gasteiger partial charge in [0.2, 0.25) is 5.91 Å². The van der Waals surface area contributed by atoms with Gasteiger partial charge in [-0.2, -0.15) is 13.2 Å². The fourth-order valence-electron chi connectivity index (χ4n) is 1.58. The van der Waals surface area contributed by atoms with Gasteiger partial charge in [0.05, 0.1) is 12.1 Å². The maximum Gasteiger partial charge on any atom is 0.417 e. The summed E-state index contributed by atoms with van der Waals surface area (Å²) in [5, 5.41) is 0. The number of benzene rings is 1. The number of nitrogens with zero attached hydrogens (tertiary/aromatic N) is 1. The lowest BCUT2D eigenvalue weighted by Crippen LogP contribution is -2.61. The summed E-state index contributed by atoms with van der Waals surface area (Å²) in [4.78, 5) is 12.5. The van der Waals surface area contributed by atoms with Crippen molar-refractivity contribution in [1.82, 2.24) is 0 Å². The van der Waals surface area contributed by atoms with Gasteiger partial charge >= 0.3 is 6.18 Å². The number of β-lactam (4-membered cyclic amide) rings is 1. The van der Waals surface area contributed by atoms with Gasteiger partial charge in [-0.15, -0.1) is 0 Å². The topological polar surface area (TPSA) is 46.3 Å². The van der Waals surface area contributed by atoms with Crippen LogP contribution in [-0.4, -0.2) is 18.5 Å². The van der Waals surface area contributed by atoms with Crippen molar-refractivity contribution in [1.29, 1.82) is 0 Å². The van der Waals surface area contributed by atoms with Gasteiger partial charge in [-0.3, -0.25) is 4.79 Å². The third-order valence-corrected chi connectivity index (χ3v) is 3.22. The van der Waals surface area contributed by atoms with Crippen LogP contribution in [0.3, 0.4) is 0 Å². The van der Waals surface area contributed by atoms with Crippen molar-refractivity contribution in [3.63, 3.8) is 0 Å². The third-order valence-electron chi connectivity index (χ3n) is 2.53. The van der Waals surface area contributed by atoms with Crippen molar-refractivity contribution >= 4 is 27.5 Å². The smallest absolute Gasteiger partial charge is 0.318 e. The average molecular weight is 309 g/mol. The molecule has 92 valence electrons. The second-order valence-corrected chi connectivity index (χ2v) is 4.57. The van der Waals surface area contributed by atoms with E-state index in [2.05, 4.69) is 15.9 Å². The molecule has 1 heterocycles. The second kappa shape index (κ2) is 3.99. The molecule has 1 aliphatic rings. The molecular formula is C10H8BrF3N2O. The summed E-state index contributed by atoms with van der Waals surface area (Å²) in [5.41, 5.74) is 4.79. The molecule has 2 rings (SSSR count). The maximum absolute atomic E-state index is 12.6. The van der Waals surface area contributed by atoms with E-state index < -0.39 is 17.8 Å². The van der Waals surface area contributed by atoms with Crippen LogP contribution >= 0.6 is 15.9 Å². The predicted molar refractivity (Wildman–Crippen MR) is 59.5 cm³/mol. The summed E-state index contributed by atoms with van der Waals surface area (Å²) in [6.07, 6.45) is -4.45. The highest BCUT2D eigenvalue weighted by Gasteiger charge is 2.37. The van der Waals surface area contributed by atoms with Crippen LogP contribution in [0.25, 0.3) is 0 Å².